The third-order valence-electron chi connectivity index (χ3n) is 3.30. The molecule has 4 heteroatoms. The van der Waals surface area contributed by atoms with E-state index >= 15 is 0 Å². The number of hydrogen-bond acceptors (Lipinski definition) is 2. The van der Waals surface area contributed by atoms with E-state index in [9.17, 15) is 9.50 Å². The molecule has 0 heterocycles. The Morgan fingerprint density at radius 1 is 1.15 bits per heavy atom. The van der Waals surface area contributed by atoms with Gasteiger partial charge >= 0.3 is 0 Å². The van der Waals surface area contributed by atoms with E-state index in [1.54, 1.807) is 24.3 Å². The first-order chi connectivity index (χ1) is 9.65. The van der Waals surface area contributed by atoms with Crippen LogP contribution in [-0.2, 0) is 0 Å². The van der Waals surface area contributed by atoms with Crippen LogP contribution in [-0.4, -0.2) is 11.2 Å². The average molecular weight is 337 g/mol. The Morgan fingerprint density at radius 3 is 2.45 bits per heavy atom. The highest BCUT2D eigenvalue weighted by Crippen LogP contribution is 2.32. The van der Waals surface area contributed by atoms with Gasteiger partial charge in [-0.05, 0) is 42.7 Å². The fourth-order valence-corrected chi connectivity index (χ4v) is 2.60. The van der Waals surface area contributed by atoms with E-state index in [1.807, 2.05) is 12.1 Å². The van der Waals surface area contributed by atoms with Crippen molar-refractivity contribution >= 4 is 15.9 Å². The Kier molecular flexibility index (Phi) is 3.76. The monoisotopic (exact) mass is 336 g/mol. The van der Waals surface area contributed by atoms with Gasteiger partial charge in [0.1, 0.15) is 17.7 Å². The molecule has 1 saturated carbocycles. The molecule has 0 bridgehead atoms. The number of ether oxygens (including phenoxy) is 1. The Hall–Kier alpha value is -1.39. The van der Waals surface area contributed by atoms with Crippen molar-refractivity contribution in [3.05, 3.63) is 63.9 Å². The van der Waals surface area contributed by atoms with Gasteiger partial charge in [-0.15, -0.1) is 0 Å². The van der Waals surface area contributed by atoms with Crippen LogP contribution < -0.4 is 4.74 Å². The minimum atomic E-state index is -0.999. The molecule has 1 aliphatic rings. The van der Waals surface area contributed by atoms with Crippen LogP contribution in [0.2, 0.25) is 0 Å². The molecule has 2 aromatic carbocycles. The van der Waals surface area contributed by atoms with Gasteiger partial charge in [-0.25, -0.2) is 4.39 Å². The summed E-state index contributed by atoms with van der Waals surface area (Å²) in [4.78, 5) is 0. The molecule has 2 aromatic rings. The predicted molar refractivity (Wildman–Crippen MR) is 78.3 cm³/mol. The Balaban J connectivity index is 1.84. The van der Waals surface area contributed by atoms with Crippen LogP contribution in [0.3, 0.4) is 0 Å². The van der Waals surface area contributed by atoms with Crippen LogP contribution in [0.4, 0.5) is 4.39 Å². The van der Waals surface area contributed by atoms with Gasteiger partial charge in [-0.1, -0.05) is 34.1 Å². The topological polar surface area (TPSA) is 29.5 Å². The molecule has 104 valence electrons. The van der Waals surface area contributed by atoms with Crippen molar-refractivity contribution in [2.45, 2.75) is 25.0 Å². The summed E-state index contributed by atoms with van der Waals surface area (Å²) in [5.74, 6) is 0.362. The van der Waals surface area contributed by atoms with Crippen molar-refractivity contribution in [3.8, 4) is 5.75 Å². The van der Waals surface area contributed by atoms with Gasteiger partial charge in [0, 0.05) is 10.0 Å². The van der Waals surface area contributed by atoms with Gasteiger partial charge in [-0.2, -0.15) is 0 Å². The summed E-state index contributed by atoms with van der Waals surface area (Å²) in [6, 6.07) is 11.8. The molecule has 0 radical (unpaired) electrons. The molecule has 0 saturated heterocycles. The Morgan fingerprint density at radius 2 is 1.85 bits per heavy atom. The van der Waals surface area contributed by atoms with E-state index in [4.69, 9.17) is 4.74 Å². The number of rotatable bonds is 4. The molecule has 0 amide bonds. The van der Waals surface area contributed by atoms with E-state index in [2.05, 4.69) is 15.9 Å². The van der Waals surface area contributed by atoms with Crippen molar-refractivity contribution in [3.63, 3.8) is 0 Å². The Bertz CT molecular complexity index is 588. The maximum Gasteiger partial charge on any atom is 0.130 e. The maximum absolute atomic E-state index is 13.8. The summed E-state index contributed by atoms with van der Waals surface area (Å²) in [6.45, 7) is 0. The van der Waals surface area contributed by atoms with Crippen LogP contribution in [0, 0.1) is 5.82 Å². The molecule has 1 aliphatic carbocycles. The van der Waals surface area contributed by atoms with Crippen LogP contribution in [0.25, 0.3) is 0 Å². The van der Waals surface area contributed by atoms with E-state index in [1.165, 1.54) is 6.07 Å². The summed E-state index contributed by atoms with van der Waals surface area (Å²) < 4.78 is 20.0. The minimum Gasteiger partial charge on any atom is -0.490 e. The molecule has 0 aromatic heterocycles. The molecule has 1 fully saturated rings. The van der Waals surface area contributed by atoms with Crippen molar-refractivity contribution < 1.29 is 14.2 Å². The molecule has 3 rings (SSSR count). The van der Waals surface area contributed by atoms with Gasteiger partial charge in [0.05, 0.1) is 6.10 Å². The van der Waals surface area contributed by atoms with Gasteiger partial charge < -0.3 is 9.84 Å². The van der Waals surface area contributed by atoms with E-state index in [-0.39, 0.29) is 5.56 Å². The zero-order valence-electron chi connectivity index (χ0n) is 10.7. The molecule has 1 N–H and O–H groups in total. The van der Waals surface area contributed by atoms with Crippen LogP contribution in [0.5, 0.6) is 5.75 Å². The predicted octanol–water partition coefficient (Wildman–Crippen LogP) is 4.21. The number of halogens is 2. The first-order valence-electron chi connectivity index (χ1n) is 6.54. The zero-order chi connectivity index (χ0) is 14.1. The van der Waals surface area contributed by atoms with Gasteiger partial charge in [0.25, 0.3) is 0 Å². The standard InChI is InChI=1S/C16H14BrFO2/c17-13-2-1-3-14(18)15(13)16(19)10-4-6-11(7-5-10)20-12-8-9-12/h1-7,12,16,19H,8-9H2. The van der Waals surface area contributed by atoms with Crippen LogP contribution in [0.15, 0.2) is 46.9 Å². The zero-order valence-corrected chi connectivity index (χ0v) is 12.3. The first kappa shape index (κ1) is 13.6. The smallest absolute Gasteiger partial charge is 0.130 e. The van der Waals surface area contributed by atoms with Crippen molar-refractivity contribution in [2.75, 3.05) is 0 Å². The number of aliphatic hydroxyl groups is 1. The minimum absolute atomic E-state index is 0.253. The summed E-state index contributed by atoms with van der Waals surface area (Å²) in [5, 5.41) is 10.3. The largest absolute Gasteiger partial charge is 0.490 e. The fraction of sp³-hybridized carbons (Fsp3) is 0.250. The average Bonchev–Trinajstić information content (AvgIpc) is 3.23. The van der Waals surface area contributed by atoms with Gasteiger partial charge in [0.15, 0.2) is 0 Å². The highest BCUT2D eigenvalue weighted by atomic mass is 79.9. The lowest BCUT2D eigenvalue weighted by atomic mass is 10.0. The van der Waals surface area contributed by atoms with Crippen molar-refractivity contribution in [1.82, 2.24) is 0 Å². The van der Waals surface area contributed by atoms with E-state index in [0.717, 1.165) is 18.6 Å². The molecule has 1 unspecified atom stereocenters. The van der Waals surface area contributed by atoms with Gasteiger partial charge in [-0.3, -0.25) is 0 Å². The molecule has 20 heavy (non-hydrogen) atoms. The van der Waals surface area contributed by atoms with Crippen LogP contribution >= 0.6 is 15.9 Å². The second-order valence-electron chi connectivity index (χ2n) is 4.92. The lowest BCUT2D eigenvalue weighted by molar-refractivity contribution is 0.214. The van der Waals surface area contributed by atoms with Crippen LogP contribution in [0.1, 0.15) is 30.1 Å². The molecule has 1 atom stereocenters. The third kappa shape index (κ3) is 2.86. The molecular weight excluding hydrogens is 323 g/mol. The Labute approximate surface area is 125 Å². The second-order valence-corrected chi connectivity index (χ2v) is 5.78. The SMILES string of the molecule is OC(c1ccc(OC2CC2)cc1)c1c(F)cccc1Br. The number of hydrogen-bond donors (Lipinski definition) is 1. The second kappa shape index (κ2) is 5.54. The third-order valence-corrected chi connectivity index (χ3v) is 3.99. The summed E-state index contributed by atoms with van der Waals surface area (Å²) in [5.41, 5.74) is 0.891. The fourth-order valence-electron chi connectivity index (χ4n) is 2.05. The summed E-state index contributed by atoms with van der Waals surface area (Å²) in [7, 11) is 0. The van der Waals surface area contributed by atoms with E-state index < -0.39 is 11.9 Å². The normalized spacial score (nSPS) is 15.9. The molecule has 2 nitrogen and oxygen atoms in total. The number of benzene rings is 2. The van der Waals surface area contributed by atoms with Crippen molar-refractivity contribution in [1.29, 1.82) is 0 Å². The highest BCUT2D eigenvalue weighted by molar-refractivity contribution is 9.10. The molecule has 0 aliphatic heterocycles. The lowest BCUT2D eigenvalue weighted by Gasteiger charge is -2.15. The summed E-state index contributed by atoms with van der Waals surface area (Å²) in [6.07, 6.45) is 1.55. The highest BCUT2D eigenvalue weighted by Gasteiger charge is 2.23. The molecular formula is C16H14BrFO2. The van der Waals surface area contributed by atoms with E-state index in [0.29, 0.717) is 16.1 Å². The summed E-state index contributed by atoms with van der Waals surface area (Å²) >= 11 is 3.28. The molecule has 0 spiro atoms. The maximum atomic E-state index is 13.8. The van der Waals surface area contributed by atoms with Crippen molar-refractivity contribution in [2.24, 2.45) is 0 Å². The quantitative estimate of drug-likeness (QED) is 0.906. The first-order valence-corrected chi connectivity index (χ1v) is 7.33. The van der Waals surface area contributed by atoms with Gasteiger partial charge in [0.2, 0.25) is 0 Å². The lowest BCUT2D eigenvalue weighted by Crippen LogP contribution is -2.04. The number of aliphatic hydroxyl groups excluding tert-OH is 1.